The highest BCUT2D eigenvalue weighted by Gasteiger charge is 2.13. The van der Waals surface area contributed by atoms with E-state index in [1.54, 1.807) is 30.3 Å². The van der Waals surface area contributed by atoms with Gasteiger partial charge in [-0.25, -0.2) is 0 Å². The van der Waals surface area contributed by atoms with Crippen LogP contribution in [0.1, 0.15) is 10.4 Å². The van der Waals surface area contributed by atoms with Crippen LogP contribution in [0.5, 0.6) is 5.75 Å². The molecule has 2 rings (SSSR count). The molecule has 0 radical (unpaired) electrons. The molecule has 0 heterocycles. The second-order valence-corrected chi connectivity index (χ2v) is 5.83. The van der Waals surface area contributed by atoms with Gasteiger partial charge < -0.3 is 10.4 Å². The van der Waals surface area contributed by atoms with Gasteiger partial charge in [-0.3, -0.25) is 4.79 Å². The highest BCUT2D eigenvalue weighted by atomic mass is 79.9. The lowest BCUT2D eigenvalue weighted by molar-refractivity contribution is 0.102. The first-order valence-electron chi connectivity index (χ1n) is 5.23. The molecular formula is C13H8Br2ClNO2. The minimum Gasteiger partial charge on any atom is -0.507 e. The van der Waals surface area contributed by atoms with Gasteiger partial charge in [0.2, 0.25) is 0 Å². The number of hydrogen-bond acceptors (Lipinski definition) is 2. The topological polar surface area (TPSA) is 49.3 Å². The molecular weight excluding hydrogens is 397 g/mol. The molecule has 6 heteroatoms. The maximum Gasteiger partial charge on any atom is 0.259 e. The first-order valence-corrected chi connectivity index (χ1v) is 7.19. The second kappa shape index (κ2) is 5.94. The number of anilines is 1. The van der Waals surface area contributed by atoms with Crippen LogP contribution in [0.3, 0.4) is 0 Å². The Balaban J connectivity index is 2.31. The van der Waals surface area contributed by atoms with Crippen molar-refractivity contribution in [2.45, 2.75) is 0 Å². The molecule has 2 N–H and O–H groups in total. The van der Waals surface area contributed by atoms with Crippen LogP contribution in [0.4, 0.5) is 5.69 Å². The molecule has 0 unspecified atom stereocenters. The molecule has 0 saturated heterocycles. The third-order valence-electron chi connectivity index (χ3n) is 2.40. The summed E-state index contributed by atoms with van der Waals surface area (Å²) in [5, 5.41) is 12.9. The summed E-state index contributed by atoms with van der Waals surface area (Å²) in [6.07, 6.45) is 0. The number of phenols is 1. The second-order valence-electron chi connectivity index (χ2n) is 3.72. The van der Waals surface area contributed by atoms with E-state index in [-0.39, 0.29) is 11.3 Å². The number of aromatic hydroxyl groups is 1. The van der Waals surface area contributed by atoms with Gasteiger partial charge in [-0.1, -0.05) is 33.6 Å². The van der Waals surface area contributed by atoms with Gasteiger partial charge in [0, 0.05) is 4.47 Å². The number of rotatable bonds is 2. The number of nitrogens with one attached hydrogen (secondary N) is 1. The highest BCUT2D eigenvalue weighted by molar-refractivity contribution is 9.11. The number of hydrogen-bond donors (Lipinski definition) is 2. The van der Waals surface area contributed by atoms with Gasteiger partial charge in [0.15, 0.2) is 0 Å². The SMILES string of the molecule is O=C(Nc1cccc(Cl)c1Br)c1cc(Br)ccc1O. The Morgan fingerprint density at radius 2 is 1.95 bits per heavy atom. The molecule has 2 aromatic rings. The van der Waals surface area contributed by atoms with E-state index in [0.717, 1.165) is 0 Å². The lowest BCUT2D eigenvalue weighted by Crippen LogP contribution is -2.12. The Hall–Kier alpha value is -1.04. The summed E-state index contributed by atoms with van der Waals surface area (Å²) >= 11 is 12.5. The summed E-state index contributed by atoms with van der Waals surface area (Å²) in [6, 6.07) is 9.79. The highest BCUT2D eigenvalue weighted by Crippen LogP contribution is 2.31. The quantitative estimate of drug-likeness (QED) is 0.752. The molecule has 0 bridgehead atoms. The van der Waals surface area contributed by atoms with E-state index in [4.69, 9.17) is 11.6 Å². The Bertz CT molecular complexity index is 647. The molecule has 0 spiro atoms. The van der Waals surface area contributed by atoms with Gasteiger partial charge in [0.1, 0.15) is 5.75 Å². The number of halogens is 3. The van der Waals surface area contributed by atoms with E-state index >= 15 is 0 Å². The van der Waals surface area contributed by atoms with Gasteiger partial charge >= 0.3 is 0 Å². The third kappa shape index (κ3) is 3.29. The Morgan fingerprint density at radius 3 is 2.68 bits per heavy atom. The van der Waals surface area contributed by atoms with Gasteiger partial charge in [0.25, 0.3) is 5.91 Å². The van der Waals surface area contributed by atoms with E-state index in [9.17, 15) is 9.90 Å². The van der Waals surface area contributed by atoms with Crippen LogP contribution in [-0.2, 0) is 0 Å². The molecule has 0 aliphatic heterocycles. The van der Waals surface area contributed by atoms with Crippen molar-refractivity contribution >= 4 is 55.1 Å². The molecule has 19 heavy (non-hydrogen) atoms. The Morgan fingerprint density at radius 1 is 1.21 bits per heavy atom. The standard InChI is InChI=1S/C13H8Br2ClNO2/c14-7-4-5-11(18)8(6-7)13(19)17-10-3-1-2-9(16)12(10)15/h1-6,18H,(H,17,19). The van der Waals surface area contributed by atoms with Crippen molar-refractivity contribution in [2.24, 2.45) is 0 Å². The van der Waals surface area contributed by atoms with Crippen molar-refractivity contribution in [2.75, 3.05) is 5.32 Å². The molecule has 2 aromatic carbocycles. The van der Waals surface area contributed by atoms with Crippen LogP contribution < -0.4 is 5.32 Å². The molecule has 0 aromatic heterocycles. The van der Waals surface area contributed by atoms with Crippen LogP contribution >= 0.6 is 43.5 Å². The normalized spacial score (nSPS) is 10.3. The molecule has 0 fully saturated rings. The maximum atomic E-state index is 12.1. The van der Waals surface area contributed by atoms with Crippen LogP contribution in [0.25, 0.3) is 0 Å². The lowest BCUT2D eigenvalue weighted by Gasteiger charge is -2.09. The van der Waals surface area contributed by atoms with E-state index in [1.165, 1.54) is 6.07 Å². The smallest absolute Gasteiger partial charge is 0.259 e. The van der Waals surface area contributed by atoms with Crippen LogP contribution in [0.15, 0.2) is 45.3 Å². The van der Waals surface area contributed by atoms with E-state index in [1.807, 2.05) is 0 Å². The van der Waals surface area contributed by atoms with Gasteiger partial charge in [-0.15, -0.1) is 0 Å². The van der Waals surface area contributed by atoms with Gasteiger partial charge in [-0.2, -0.15) is 0 Å². The average molecular weight is 405 g/mol. The predicted molar refractivity (Wildman–Crippen MR) is 82.9 cm³/mol. The first kappa shape index (κ1) is 14.4. The number of phenolic OH excluding ortho intramolecular Hbond substituents is 1. The summed E-state index contributed by atoms with van der Waals surface area (Å²) in [5.41, 5.74) is 0.720. The number of amides is 1. The first-order chi connectivity index (χ1) is 8.99. The molecule has 0 aliphatic carbocycles. The Labute approximate surface area is 131 Å². The fourth-order valence-electron chi connectivity index (χ4n) is 1.48. The molecule has 3 nitrogen and oxygen atoms in total. The predicted octanol–water partition coefficient (Wildman–Crippen LogP) is 4.82. The zero-order valence-corrected chi connectivity index (χ0v) is 13.4. The zero-order valence-electron chi connectivity index (χ0n) is 9.45. The number of carbonyl (C=O) groups excluding carboxylic acids is 1. The lowest BCUT2D eigenvalue weighted by atomic mass is 10.2. The van der Waals surface area contributed by atoms with Crippen molar-refractivity contribution in [3.05, 3.63) is 55.9 Å². The maximum absolute atomic E-state index is 12.1. The minimum absolute atomic E-state index is 0.0844. The summed E-state index contributed by atoms with van der Waals surface area (Å²) in [7, 11) is 0. The molecule has 0 atom stereocenters. The zero-order chi connectivity index (χ0) is 14.0. The molecule has 98 valence electrons. The summed E-state index contributed by atoms with van der Waals surface area (Å²) < 4.78 is 1.31. The molecule has 0 saturated carbocycles. The summed E-state index contributed by atoms with van der Waals surface area (Å²) in [6.45, 7) is 0. The molecule has 1 amide bonds. The van der Waals surface area contributed by atoms with E-state index in [2.05, 4.69) is 37.2 Å². The largest absolute Gasteiger partial charge is 0.507 e. The van der Waals surface area contributed by atoms with Gasteiger partial charge in [-0.05, 0) is 46.3 Å². The van der Waals surface area contributed by atoms with Crippen molar-refractivity contribution in [3.8, 4) is 5.75 Å². The van der Waals surface area contributed by atoms with Crippen molar-refractivity contribution in [1.29, 1.82) is 0 Å². The van der Waals surface area contributed by atoms with Crippen LogP contribution in [0, 0.1) is 0 Å². The van der Waals surface area contributed by atoms with Crippen molar-refractivity contribution < 1.29 is 9.90 Å². The van der Waals surface area contributed by atoms with E-state index < -0.39 is 5.91 Å². The van der Waals surface area contributed by atoms with Crippen molar-refractivity contribution in [1.82, 2.24) is 0 Å². The molecule has 0 aliphatic rings. The summed E-state index contributed by atoms with van der Waals surface area (Å²) in [5.74, 6) is -0.499. The van der Waals surface area contributed by atoms with Crippen LogP contribution in [-0.4, -0.2) is 11.0 Å². The van der Waals surface area contributed by atoms with Crippen molar-refractivity contribution in [3.63, 3.8) is 0 Å². The van der Waals surface area contributed by atoms with Crippen LogP contribution in [0.2, 0.25) is 5.02 Å². The fourth-order valence-corrected chi connectivity index (χ4v) is 2.38. The van der Waals surface area contributed by atoms with E-state index in [0.29, 0.717) is 19.7 Å². The fraction of sp³-hybridized carbons (Fsp3) is 0. The number of benzene rings is 2. The monoisotopic (exact) mass is 403 g/mol. The number of carbonyl (C=O) groups is 1. The Kier molecular flexibility index (Phi) is 4.50. The minimum atomic E-state index is -0.415. The van der Waals surface area contributed by atoms with Gasteiger partial charge in [0.05, 0.1) is 20.7 Å². The summed E-state index contributed by atoms with van der Waals surface area (Å²) in [4.78, 5) is 12.1. The average Bonchev–Trinajstić information content (AvgIpc) is 2.38. The third-order valence-corrected chi connectivity index (χ3v) is 4.29.